The van der Waals surface area contributed by atoms with E-state index >= 15 is 0 Å². The Morgan fingerprint density at radius 2 is 1.81 bits per heavy atom. The molecule has 0 aliphatic heterocycles. The minimum absolute atomic E-state index is 0.109. The molecule has 0 fully saturated rings. The fraction of sp³-hybridized carbons (Fsp3) is 0.500. The van der Waals surface area contributed by atoms with Crippen LogP contribution >= 0.6 is 11.3 Å². The largest absolute Gasteiger partial charge is 0.305 e. The Hall–Kier alpha value is -1.19. The molecule has 0 saturated carbocycles. The Morgan fingerprint density at radius 1 is 1.14 bits per heavy atom. The number of benzene rings is 1. The van der Waals surface area contributed by atoms with Crippen molar-refractivity contribution in [2.45, 2.75) is 52.5 Å². The fourth-order valence-corrected chi connectivity index (χ4v) is 3.41. The van der Waals surface area contributed by atoms with Crippen molar-refractivity contribution < 1.29 is 0 Å². The van der Waals surface area contributed by atoms with Gasteiger partial charge >= 0.3 is 0 Å². The Labute approximate surface area is 132 Å². The zero-order valence-electron chi connectivity index (χ0n) is 13.7. The van der Waals surface area contributed by atoms with E-state index < -0.39 is 0 Å². The molecule has 0 amide bonds. The van der Waals surface area contributed by atoms with Gasteiger partial charge in [-0.3, -0.25) is 0 Å². The Kier molecular flexibility index (Phi) is 5.17. The van der Waals surface area contributed by atoms with Crippen LogP contribution in [-0.4, -0.2) is 11.5 Å². The van der Waals surface area contributed by atoms with Gasteiger partial charge in [-0.05, 0) is 24.1 Å². The SMILES string of the molecule is CCNC(c1ccc(CC)cc1)c1nc(C(C)(C)C)cs1. The quantitative estimate of drug-likeness (QED) is 0.866. The van der Waals surface area contributed by atoms with Crippen LogP contribution in [0.2, 0.25) is 0 Å². The third kappa shape index (κ3) is 3.92. The van der Waals surface area contributed by atoms with E-state index in [0.717, 1.165) is 18.0 Å². The van der Waals surface area contributed by atoms with Crippen LogP contribution in [0.3, 0.4) is 0 Å². The lowest BCUT2D eigenvalue weighted by atomic mass is 9.93. The molecule has 0 radical (unpaired) electrons. The average Bonchev–Trinajstić information content (AvgIpc) is 2.94. The van der Waals surface area contributed by atoms with Crippen LogP contribution < -0.4 is 5.32 Å². The molecule has 0 aliphatic rings. The number of hydrogen-bond donors (Lipinski definition) is 1. The van der Waals surface area contributed by atoms with Gasteiger partial charge in [-0.15, -0.1) is 11.3 Å². The second-order valence-corrected chi connectivity index (χ2v) is 7.30. The summed E-state index contributed by atoms with van der Waals surface area (Å²) in [4.78, 5) is 4.88. The van der Waals surface area contributed by atoms with E-state index in [0.29, 0.717) is 0 Å². The average molecular weight is 302 g/mol. The fourth-order valence-electron chi connectivity index (χ4n) is 2.26. The van der Waals surface area contributed by atoms with E-state index in [2.05, 4.69) is 69.6 Å². The molecule has 114 valence electrons. The molecule has 0 spiro atoms. The highest BCUT2D eigenvalue weighted by atomic mass is 32.1. The third-order valence-electron chi connectivity index (χ3n) is 3.67. The van der Waals surface area contributed by atoms with Crippen molar-refractivity contribution in [1.29, 1.82) is 0 Å². The number of aryl methyl sites for hydroxylation is 1. The molecular weight excluding hydrogens is 276 g/mol. The monoisotopic (exact) mass is 302 g/mol. The molecule has 1 N–H and O–H groups in total. The molecule has 1 unspecified atom stereocenters. The molecule has 0 bridgehead atoms. The molecule has 2 aromatic rings. The molecule has 2 rings (SSSR count). The number of nitrogens with one attached hydrogen (secondary N) is 1. The van der Waals surface area contributed by atoms with Gasteiger partial charge in [-0.25, -0.2) is 4.98 Å². The topological polar surface area (TPSA) is 24.9 Å². The second-order valence-electron chi connectivity index (χ2n) is 6.41. The van der Waals surface area contributed by atoms with Crippen LogP contribution in [0.15, 0.2) is 29.6 Å². The van der Waals surface area contributed by atoms with E-state index in [1.807, 2.05) is 0 Å². The van der Waals surface area contributed by atoms with E-state index in [4.69, 9.17) is 4.98 Å². The molecule has 3 heteroatoms. The molecule has 1 aromatic carbocycles. The Balaban J connectivity index is 2.31. The van der Waals surface area contributed by atoms with Crippen LogP contribution in [0.4, 0.5) is 0 Å². The first-order chi connectivity index (χ1) is 9.95. The predicted octanol–water partition coefficient (Wildman–Crippen LogP) is 4.70. The number of nitrogens with zero attached hydrogens (tertiary/aromatic N) is 1. The van der Waals surface area contributed by atoms with E-state index in [9.17, 15) is 0 Å². The normalized spacial score (nSPS) is 13.4. The Morgan fingerprint density at radius 3 is 2.29 bits per heavy atom. The smallest absolute Gasteiger partial charge is 0.114 e. The van der Waals surface area contributed by atoms with Gasteiger partial charge in [-0.1, -0.05) is 58.9 Å². The maximum Gasteiger partial charge on any atom is 0.114 e. The standard InChI is InChI=1S/C18H26N2S/c1-6-13-8-10-14(11-9-13)16(19-7-2)17-20-15(12-21-17)18(3,4)5/h8-12,16,19H,6-7H2,1-5H3. The van der Waals surface area contributed by atoms with Gasteiger partial charge < -0.3 is 5.32 Å². The Bertz CT molecular complexity index is 564. The number of thiazole rings is 1. The first-order valence-corrected chi connectivity index (χ1v) is 8.61. The summed E-state index contributed by atoms with van der Waals surface area (Å²) < 4.78 is 0. The zero-order chi connectivity index (χ0) is 15.5. The van der Waals surface area contributed by atoms with Gasteiger partial charge in [0.15, 0.2) is 0 Å². The second kappa shape index (κ2) is 6.71. The first kappa shape index (κ1) is 16.2. The van der Waals surface area contributed by atoms with Crippen LogP contribution in [-0.2, 0) is 11.8 Å². The first-order valence-electron chi connectivity index (χ1n) is 7.73. The third-order valence-corrected chi connectivity index (χ3v) is 4.58. The summed E-state index contributed by atoms with van der Waals surface area (Å²) in [6, 6.07) is 9.09. The summed E-state index contributed by atoms with van der Waals surface area (Å²) in [5, 5.41) is 6.92. The lowest BCUT2D eigenvalue weighted by Crippen LogP contribution is -2.22. The molecular formula is C18H26N2S. The van der Waals surface area contributed by atoms with Crippen LogP contribution in [0.1, 0.15) is 62.5 Å². The number of rotatable bonds is 5. The lowest BCUT2D eigenvalue weighted by Gasteiger charge is -2.18. The van der Waals surface area contributed by atoms with Gasteiger partial charge in [0.2, 0.25) is 0 Å². The van der Waals surface area contributed by atoms with Crippen LogP contribution in [0.5, 0.6) is 0 Å². The lowest BCUT2D eigenvalue weighted by molar-refractivity contribution is 0.562. The molecule has 0 saturated heterocycles. The van der Waals surface area contributed by atoms with Gasteiger partial charge in [0.1, 0.15) is 5.01 Å². The highest BCUT2D eigenvalue weighted by Crippen LogP contribution is 2.30. The minimum atomic E-state index is 0.109. The number of aromatic nitrogens is 1. The predicted molar refractivity (Wildman–Crippen MR) is 92.2 cm³/mol. The highest BCUT2D eigenvalue weighted by molar-refractivity contribution is 7.09. The summed E-state index contributed by atoms with van der Waals surface area (Å²) >= 11 is 1.76. The molecule has 2 nitrogen and oxygen atoms in total. The zero-order valence-corrected chi connectivity index (χ0v) is 14.6. The number of hydrogen-bond acceptors (Lipinski definition) is 3. The van der Waals surface area contributed by atoms with E-state index in [-0.39, 0.29) is 11.5 Å². The van der Waals surface area contributed by atoms with Crippen molar-refractivity contribution in [2.75, 3.05) is 6.54 Å². The minimum Gasteiger partial charge on any atom is -0.305 e. The van der Waals surface area contributed by atoms with Gasteiger partial charge in [0.05, 0.1) is 11.7 Å². The van der Waals surface area contributed by atoms with Crippen molar-refractivity contribution >= 4 is 11.3 Å². The summed E-state index contributed by atoms with van der Waals surface area (Å²) in [6.45, 7) is 11.9. The van der Waals surface area contributed by atoms with Gasteiger partial charge in [0, 0.05) is 10.8 Å². The molecule has 1 aromatic heterocycles. The summed E-state index contributed by atoms with van der Waals surface area (Å²) in [5.41, 5.74) is 3.96. The maximum absolute atomic E-state index is 4.88. The summed E-state index contributed by atoms with van der Waals surface area (Å²) in [7, 11) is 0. The van der Waals surface area contributed by atoms with Crippen molar-refractivity contribution in [3.05, 3.63) is 51.5 Å². The van der Waals surface area contributed by atoms with Crippen LogP contribution in [0.25, 0.3) is 0 Å². The van der Waals surface area contributed by atoms with Crippen LogP contribution in [0, 0.1) is 0 Å². The molecule has 1 atom stereocenters. The van der Waals surface area contributed by atoms with Gasteiger partial charge in [-0.2, -0.15) is 0 Å². The summed E-state index contributed by atoms with van der Waals surface area (Å²) in [6.07, 6.45) is 1.08. The van der Waals surface area contributed by atoms with Crippen molar-refractivity contribution in [3.8, 4) is 0 Å². The maximum atomic E-state index is 4.88. The highest BCUT2D eigenvalue weighted by Gasteiger charge is 2.22. The van der Waals surface area contributed by atoms with Crippen molar-refractivity contribution in [1.82, 2.24) is 10.3 Å². The summed E-state index contributed by atoms with van der Waals surface area (Å²) in [5.74, 6) is 0. The van der Waals surface area contributed by atoms with Crippen molar-refractivity contribution in [2.24, 2.45) is 0 Å². The molecule has 1 heterocycles. The molecule has 0 aliphatic carbocycles. The van der Waals surface area contributed by atoms with Crippen molar-refractivity contribution in [3.63, 3.8) is 0 Å². The van der Waals surface area contributed by atoms with Gasteiger partial charge in [0.25, 0.3) is 0 Å². The van der Waals surface area contributed by atoms with E-state index in [1.165, 1.54) is 16.8 Å². The molecule has 21 heavy (non-hydrogen) atoms. The van der Waals surface area contributed by atoms with E-state index in [1.54, 1.807) is 11.3 Å².